The summed E-state index contributed by atoms with van der Waals surface area (Å²) < 4.78 is 7.76. The molecule has 0 aliphatic carbocycles. The second kappa shape index (κ2) is 7.05. The highest BCUT2D eigenvalue weighted by Gasteiger charge is 2.11. The van der Waals surface area contributed by atoms with E-state index in [1.165, 1.54) is 5.56 Å². The van der Waals surface area contributed by atoms with E-state index in [0.29, 0.717) is 6.61 Å². The number of para-hydroxylation sites is 1. The normalized spacial score (nSPS) is 12.3. The van der Waals surface area contributed by atoms with Crippen LogP contribution in [0.25, 0.3) is 0 Å². The first-order valence-corrected chi connectivity index (χ1v) is 7.00. The van der Waals surface area contributed by atoms with Gasteiger partial charge >= 0.3 is 0 Å². The average Bonchev–Trinajstić information content (AvgIpc) is 2.88. The van der Waals surface area contributed by atoms with E-state index < -0.39 is 0 Å². The van der Waals surface area contributed by atoms with Crippen LogP contribution in [0.1, 0.15) is 37.7 Å². The zero-order valence-corrected chi connectivity index (χ0v) is 12.3. The molecule has 0 amide bonds. The van der Waals surface area contributed by atoms with Crippen LogP contribution in [0.5, 0.6) is 5.75 Å². The predicted molar refractivity (Wildman–Crippen MR) is 78.5 cm³/mol. The Balaban J connectivity index is 2.05. The quantitative estimate of drug-likeness (QED) is 0.842. The Morgan fingerprint density at radius 1 is 1.35 bits per heavy atom. The Bertz CT molecular complexity index is 538. The summed E-state index contributed by atoms with van der Waals surface area (Å²) in [6.07, 6.45) is 2.79. The molecule has 1 N–H and O–H groups in total. The molecule has 0 bridgehead atoms. The number of ether oxygens (including phenoxy) is 1. The Morgan fingerprint density at radius 3 is 2.85 bits per heavy atom. The minimum absolute atomic E-state index is 0.269. The third-order valence-electron chi connectivity index (χ3n) is 3.25. The van der Waals surface area contributed by atoms with E-state index in [1.54, 1.807) is 6.33 Å². The summed E-state index contributed by atoms with van der Waals surface area (Å²) in [4.78, 5) is 0. The molecule has 2 aromatic rings. The van der Waals surface area contributed by atoms with Gasteiger partial charge in [-0.2, -0.15) is 0 Å². The van der Waals surface area contributed by atoms with Crippen LogP contribution in [0, 0.1) is 0 Å². The highest BCUT2D eigenvalue weighted by molar-refractivity contribution is 5.35. The van der Waals surface area contributed by atoms with Crippen LogP contribution in [0.4, 0.5) is 0 Å². The van der Waals surface area contributed by atoms with Gasteiger partial charge < -0.3 is 14.6 Å². The molecule has 1 aromatic heterocycles. The van der Waals surface area contributed by atoms with E-state index in [2.05, 4.69) is 35.4 Å². The first-order valence-electron chi connectivity index (χ1n) is 7.00. The third kappa shape index (κ3) is 3.57. The van der Waals surface area contributed by atoms with Gasteiger partial charge in [-0.25, -0.2) is 0 Å². The number of nitrogens with one attached hydrogen (secondary N) is 1. The Kier molecular flexibility index (Phi) is 5.12. The van der Waals surface area contributed by atoms with E-state index in [4.69, 9.17) is 4.74 Å². The summed E-state index contributed by atoms with van der Waals surface area (Å²) in [5, 5.41) is 11.4. The van der Waals surface area contributed by atoms with Crippen molar-refractivity contribution in [1.29, 1.82) is 0 Å². The first-order chi connectivity index (χ1) is 9.72. The molecule has 0 aliphatic heterocycles. The first kappa shape index (κ1) is 14.5. The van der Waals surface area contributed by atoms with Crippen LogP contribution in [-0.4, -0.2) is 21.3 Å². The second-order valence-electron chi connectivity index (χ2n) is 4.86. The van der Waals surface area contributed by atoms with Crippen LogP contribution in [0.2, 0.25) is 0 Å². The number of aryl methyl sites for hydroxylation is 1. The van der Waals surface area contributed by atoms with Crippen molar-refractivity contribution in [3.05, 3.63) is 42.0 Å². The maximum Gasteiger partial charge on any atom is 0.170 e. The summed E-state index contributed by atoms with van der Waals surface area (Å²) in [6.45, 7) is 5.74. The number of rotatable bonds is 7. The van der Waals surface area contributed by atoms with Crippen molar-refractivity contribution < 1.29 is 4.74 Å². The van der Waals surface area contributed by atoms with Gasteiger partial charge in [0, 0.05) is 18.7 Å². The van der Waals surface area contributed by atoms with Gasteiger partial charge in [-0.05, 0) is 26.0 Å². The molecule has 5 nitrogen and oxygen atoms in total. The van der Waals surface area contributed by atoms with Gasteiger partial charge in [0.2, 0.25) is 0 Å². The Hall–Kier alpha value is -1.88. The fourth-order valence-corrected chi connectivity index (χ4v) is 2.02. The molecule has 1 atom stereocenters. The molecule has 5 heteroatoms. The van der Waals surface area contributed by atoms with Crippen LogP contribution >= 0.6 is 0 Å². The maximum absolute atomic E-state index is 5.90. The number of aromatic nitrogens is 3. The van der Waals surface area contributed by atoms with Gasteiger partial charge in [-0.3, -0.25) is 0 Å². The van der Waals surface area contributed by atoms with Crippen molar-refractivity contribution in [1.82, 2.24) is 20.1 Å². The zero-order chi connectivity index (χ0) is 14.4. The van der Waals surface area contributed by atoms with E-state index in [-0.39, 0.29) is 6.04 Å². The fourth-order valence-electron chi connectivity index (χ4n) is 2.02. The third-order valence-corrected chi connectivity index (χ3v) is 3.25. The monoisotopic (exact) mass is 274 g/mol. The van der Waals surface area contributed by atoms with Crippen LogP contribution in [0.3, 0.4) is 0 Å². The van der Waals surface area contributed by atoms with Gasteiger partial charge in [-0.1, -0.05) is 25.1 Å². The minimum Gasteiger partial charge on any atom is -0.485 e. The molecule has 0 saturated carbocycles. The van der Waals surface area contributed by atoms with Gasteiger partial charge in [0.15, 0.2) is 5.82 Å². The van der Waals surface area contributed by atoms with Crippen molar-refractivity contribution >= 4 is 0 Å². The zero-order valence-electron chi connectivity index (χ0n) is 12.3. The van der Waals surface area contributed by atoms with Gasteiger partial charge in [-0.15, -0.1) is 10.2 Å². The van der Waals surface area contributed by atoms with E-state index in [0.717, 1.165) is 24.5 Å². The van der Waals surface area contributed by atoms with Crippen molar-refractivity contribution in [3.8, 4) is 5.75 Å². The van der Waals surface area contributed by atoms with E-state index >= 15 is 0 Å². The standard InChI is InChI=1S/C15H22N4O/c1-4-9-16-12(2)13-7-5-6-8-14(13)20-10-15-18-17-11-19(15)3/h5-8,11-12,16H,4,9-10H2,1-3H3. The molecule has 2 rings (SSSR count). The second-order valence-corrected chi connectivity index (χ2v) is 4.86. The van der Waals surface area contributed by atoms with Gasteiger partial charge in [0.05, 0.1) is 0 Å². The van der Waals surface area contributed by atoms with Crippen molar-refractivity contribution in [2.75, 3.05) is 6.54 Å². The summed E-state index contributed by atoms with van der Waals surface area (Å²) in [5.41, 5.74) is 1.17. The molecule has 108 valence electrons. The van der Waals surface area contributed by atoms with Crippen molar-refractivity contribution in [2.45, 2.75) is 32.9 Å². The lowest BCUT2D eigenvalue weighted by Gasteiger charge is -2.17. The minimum atomic E-state index is 0.269. The number of benzene rings is 1. The lowest BCUT2D eigenvalue weighted by atomic mass is 10.1. The topological polar surface area (TPSA) is 52.0 Å². The summed E-state index contributed by atoms with van der Waals surface area (Å²) in [7, 11) is 1.91. The highest BCUT2D eigenvalue weighted by atomic mass is 16.5. The smallest absolute Gasteiger partial charge is 0.170 e. The molecule has 1 aromatic carbocycles. The maximum atomic E-state index is 5.90. The molecule has 0 saturated heterocycles. The van der Waals surface area contributed by atoms with Crippen molar-refractivity contribution in [2.24, 2.45) is 7.05 Å². The molecule has 1 unspecified atom stereocenters. The van der Waals surface area contributed by atoms with Crippen molar-refractivity contribution in [3.63, 3.8) is 0 Å². The van der Waals surface area contributed by atoms with Gasteiger partial charge in [0.25, 0.3) is 0 Å². The summed E-state index contributed by atoms with van der Waals surface area (Å²) in [5.74, 6) is 1.71. The molecule has 0 radical (unpaired) electrons. The van der Waals surface area contributed by atoms with Crippen LogP contribution in [-0.2, 0) is 13.7 Å². The number of hydrogen-bond acceptors (Lipinski definition) is 4. The molecule has 20 heavy (non-hydrogen) atoms. The molecular weight excluding hydrogens is 252 g/mol. The fraction of sp³-hybridized carbons (Fsp3) is 0.467. The van der Waals surface area contributed by atoms with Crippen LogP contribution in [0.15, 0.2) is 30.6 Å². The van der Waals surface area contributed by atoms with Crippen LogP contribution < -0.4 is 10.1 Å². The average molecular weight is 274 g/mol. The molecule has 0 aliphatic rings. The largest absolute Gasteiger partial charge is 0.485 e. The predicted octanol–water partition coefficient (Wildman–Crippen LogP) is 2.45. The van der Waals surface area contributed by atoms with E-state index in [1.807, 2.05) is 29.8 Å². The number of nitrogens with zero attached hydrogens (tertiary/aromatic N) is 3. The van der Waals surface area contributed by atoms with Gasteiger partial charge in [0.1, 0.15) is 18.7 Å². The summed E-state index contributed by atoms with van der Waals surface area (Å²) >= 11 is 0. The Morgan fingerprint density at radius 2 is 2.15 bits per heavy atom. The molecule has 0 spiro atoms. The lowest BCUT2D eigenvalue weighted by molar-refractivity contribution is 0.285. The van der Waals surface area contributed by atoms with E-state index in [9.17, 15) is 0 Å². The molecular formula is C15H22N4O. The highest BCUT2D eigenvalue weighted by Crippen LogP contribution is 2.25. The molecule has 0 fully saturated rings. The SMILES string of the molecule is CCCNC(C)c1ccccc1OCc1nncn1C. The lowest BCUT2D eigenvalue weighted by Crippen LogP contribution is -2.20. The number of hydrogen-bond donors (Lipinski definition) is 1. The summed E-state index contributed by atoms with van der Waals surface area (Å²) in [6, 6.07) is 8.39. The Labute approximate surface area is 120 Å². The molecule has 1 heterocycles.